The maximum absolute atomic E-state index is 13.0. The highest BCUT2D eigenvalue weighted by atomic mass is 19.1. The van der Waals surface area contributed by atoms with Crippen molar-refractivity contribution in [2.45, 2.75) is 25.3 Å². The molecule has 0 amide bonds. The van der Waals surface area contributed by atoms with Crippen molar-refractivity contribution in [1.82, 2.24) is 5.32 Å². The third-order valence-corrected chi connectivity index (χ3v) is 3.97. The first-order chi connectivity index (χ1) is 8.83. The van der Waals surface area contributed by atoms with E-state index in [0.29, 0.717) is 12.0 Å². The molecule has 1 aromatic carbocycles. The number of benzene rings is 1. The third-order valence-electron chi connectivity index (χ3n) is 3.97. The van der Waals surface area contributed by atoms with Crippen molar-refractivity contribution in [1.29, 1.82) is 0 Å². The Hall–Kier alpha value is -0.930. The van der Waals surface area contributed by atoms with Gasteiger partial charge in [-0.25, -0.2) is 4.39 Å². The number of ether oxygens (including phenoxy) is 1. The SMILES string of the molecule is Fc1ccc(C(NCC2CCOC2)C2CC2)cc1. The van der Waals surface area contributed by atoms with E-state index >= 15 is 0 Å². The second kappa shape index (κ2) is 5.37. The minimum absolute atomic E-state index is 0.155. The Labute approximate surface area is 108 Å². The van der Waals surface area contributed by atoms with Gasteiger partial charge >= 0.3 is 0 Å². The zero-order valence-electron chi connectivity index (χ0n) is 10.6. The van der Waals surface area contributed by atoms with Crippen molar-refractivity contribution in [3.05, 3.63) is 35.6 Å². The summed E-state index contributed by atoms with van der Waals surface area (Å²) < 4.78 is 18.4. The Morgan fingerprint density at radius 3 is 2.61 bits per heavy atom. The monoisotopic (exact) mass is 249 g/mol. The number of hydrogen-bond donors (Lipinski definition) is 1. The topological polar surface area (TPSA) is 21.3 Å². The zero-order valence-corrected chi connectivity index (χ0v) is 10.6. The van der Waals surface area contributed by atoms with Gasteiger partial charge in [0, 0.05) is 19.2 Å². The first-order valence-corrected chi connectivity index (χ1v) is 6.89. The van der Waals surface area contributed by atoms with Gasteiger partial charge in [0.25, 0.3) is 0 Å². The molecule has 0 aromatic heterocycles. The van der Waals surface area contributed by atoms with E-state index < -0.39 is 0 Å². The lowest BCUT2D eigenvalue weighted by atomic mass is 10.0. The van der Waals surface area contributed by atoms with Crippen LogP contribution in [0.3, 0.4) is 0 Å². The molecule has 1 saturated carbocycles. The van der Waals surface area contributed by atoms with Crippen LogP contribution in [0.4, 0.5) is 4.39 Å². The average Bonchev–Trinajstić information content (AvgIpc) is 3.08. The first kappa shape index (κ1) is 12.1. The fraction of sp³-hybridized carbons (Fsp3) is 0.600. The molecule has 3 rings (SSSR count). The van der Waals surface area contributed by atoms with Gasteiger partial charge in [-0.3, -0.25) is 0 Å². The van der Waals surface area contributed by atoms with Gasteiger partial charge in [-0.15, -0.1) is 0 Å². The van der Waals surface area contributed by atoms with Crippen LogP contribution < -0.4 is 5.32 Å². The van der Waals surface area contributed by atoms with Crippen LogP contribution in [0.5, 0.6) is 0 Å². The van der Waals surface area contributed by atoms with Crippen molar-refractivity contribution < 1.29 is 9.13 Å². The van der Waals surface area contributed by atoms with E-state index in [4.69, 9.17) is 4.74 Å². The van der Waals surface area contributed by atoms with Gasteiger partial charge < -0.3 is 10.1 Å². The van der Waals surface area contributed by atoms with Crippen molar-refractivity contribution >= 4 is 0 Å². The predicted octanol–water partition coefficient (Wildman–Crippen LogP) is 2.90. The second-order valence-corrected chi connectivity index (χ2v) is 5.50. The number of nitrogens with one attached hydrogen (secondary N) is 1. The first-order valence-electron chi connectivity index (χ1n) is 6.89. The molecule has 0 bridgehead atoms. The summed E-state index contributed by atoms with van der Waals surface area (Å²) in [6, 6.07) is 7.34. The van der Waals surface area contributed by atoms with E-state index in [9.17, 15) is 4.39 Å². The van der Waals surface area contributed by atoms with Crippen LogP contribution in [0.1, 0.15) is 30.9 Å². The van der Waals surface area contributed by atoms with Crippen molar-refractivity contribution in [3.63, 3.8) is 0 Å². The summed E-state index contributed by atoms with van der Waals surface area (Å²) in [4.78, 5) is 0. The Morgan fingerprint density at radius 1 is 1.22 bits per heavy atom. The second-order valence-electron chi connectivity index (χ2n) is 5.50. The largest absolute Gasteiger partial charge is 0.381 e. The van der Waals surface area contributed by atoms with E-state index in [1.54, 1.807) is 12.1 Å². The molecule has 2 fully saturated rings. The van der Waals surface area contributed by atoms with Gasteiger partial charge in [-0.1, -0.05) is 12.1 Å². The van der Waals surface area contributed by atoms with Crippen molar-refractivity contribution in [3.8, 4) is 0 Å². The fourth-order valence-electron chi connectivity index (χ4n) is 2.69. The molecule has 3 heteroatoms. The summed E-state index contributed by atoms with van der Waals surface area (Å²) in [7, 11) is 0. The van der Waals surface area contributed by atoms with E-state index in [0.717, 1.165) is 32.1 Å². The summed E-state index contributed by atoms with van der Waals surface area (Å²) in [5, 5.41) is 3.66. The van der Waals surface area contributed by atoms with Crippen molar-refractivity contribution in [2.75, 3.05) is 19.8 Å². The normalized spacial score (nSPS) is 25.3. The van der Waals surface area contributed by atoms with Gasteiger partial charge in [0.15, 0.2) is 0 Å². The van der Waals surface area contributed by atoms with Crippen LogP contribution in [0.15, 0.2) is 24.3 Å². The quantitative estimate of drug-likeness (QED) is 0.866. The summed E-state index contributed by atoms with van der Waals surface area (Å²) in [5.74, 6) is 1.22. The third kappa shape index (κ3) is 2.90. The number of rotatable bonds is 5. The molecule has 1 aliphatic heterocycles. The van der Waals surface area contributed by atoms with Crippen molar-refractivity contribution in [2.24, 2.45) is 11.8 Å². The Kier molecular flexibility index (Phi) is 3.62. The molecule has 0 radical (unpaired) electrons. The minimum Gasteiger partial charge on any atom is -0.381 e. The molecular formula is C15H20FNO. The Morgan fingerprint density at radius 2 is 2.00 bits per heavy atom. The summed E-state index contributed by atoms with van der Waals surface area (Å²) >= 11 is 0. The lowest BCUT2D eigenvalue weighted by molar-refractivity contribution is 0.184. The van der Waals surface area contributed by atoms with Gasteiger partial charge in [-0.05, 0) is 48.8 Å². The van der Waals surface area contributed by atoms with Gasteiger partial charge in [0.05, 0.1) is 6.61 Å². The standard InChI is InChI=1S/C15H20FNO/c16-14-5-3-13(4-6-14)15(12-1-2-12)17-9-11-7-8-18-10-11/h3-6,11-12,15,17H,1-2,7-10H2. The molecule has 1 saturated heterocycles. The average molecular weight is 249 g/mol. The van der Waals surface area contributed by atoms with Crippen LogP contribution in [-0.4, -0.2) is 19.8 Å². The molecule has 1 heterocycles. The van der Waals surface area contributed by atoms with Crippen LogP contribution >= 0.6 is 0 Å². The number of halogens is 1. The van der Waals surface area contributed by atoms with Crippen LogP contribution in [0, 0.1) is 17.7 Å². The highest BCUT2D eigenvalue weighted by Crippen LogP contribution is 2.41. The molecule has 98 valence electrons. The maximum atomic E-state index is 13.0. The van der Waals surface area contributed by atoms with Gasteiger partial charge in [-0.2, -0.15) is 0 Å². The zero-order chi connectivity index (χ0) is 12.4. The van der Waals surface area contributed by atoms with E-state index in [1.165, 1.54) is 18.4 Å². The van der Waals surface area contributed by atoms with E-state index in [2.05, 4.69) is 5.32 Å². The lowest BCUT2D eigenvalue weighted by Crippen LogP contribution is -2.29. The molecule has 1 N–H and O–H groups in total. The smallest absolute Gasteiger partial charge is 0.123 e. The molecule has 2 atom stereocenters. The summed E-state index contributed by atoms with van der Waals surface area (Å²) in [6.07, 6.45) is 3.74. The van der Waals surface area contributed by atoms with Crippen LogP contribution in [-0.2, 0) is 4.74 Å². The molecular weight excluding hydrogens is 229 g/mol. The highest BCUT2D eigenvalue weighted by molar-refractivity contribution is 5.22. The lowest BCUT2D eigenvalue weighted by Gasteiger charge is -2.20. The molecule has 18 heavy (non-hydrogen) atoms. The molecule has 2 unspecified atom stereocenters. The predicted molar refractivity (Wildman–Crippen MR) is 68.8 cm³/mol. The van der Waals surface area contributed by atoms with Crippen LogP contribution in [0.2, 0.25) is 0 Å². The van der Waals surface area contributed by atoms with Crippen LogP contribution in [0.25, 0.3) is 0 Å². The summed E-state index contributed by atoms with van der Waals surface area (Å²) in [5.41, 5.74) is 1.22. The molecule has 2 aliphatic rings. The molecule has 1 aromatic rings. The highest BCUT2D eigenvalue weighted by Gasteiger charge is 2.32. The van der Waals surface area contributed by atoms with Gasteiger partial charge in [0.1, 0.15) is 5.82 Å². The Balaban J connectivity index is 1.62. The van der Waals surface area contributed by atoms with E-state index in [-0.39, 0.29) is 5.82 Å². The Bertz CT molecular complexity index is 382. The fourth-order valence-corrected chi connectivity index (χ4v) is 2.69. The van der Waals surface area contributed by atoms with Gasteiger partial charge in [0.2, 0.25) is 0 Å². The van der Waals surface area contributed by atoms with E-state index in [1.807, 2.05) is 12.1 Å². The molecule has 0 spiro atoms. The minimum atomic E-state index is -0.155. The summed E-state index contributed by atoms with van der Waals surface area (Å²) in [6.45, 7) is 2.79. The maximum Gasteiger partial charge on any atom is 0.123 e. The molecule has 1 aliphatic carbocycles. The number of hydrogen-bond acceptors (Lipinski definition) is 2. The molecule has 2 nitrogen and oxygen atoms in total.